The lowest BCUT2D eigenvalue weighted by Gasteiger charge is -2.05. The summed E-state index contributed by atoms with van der Waals surface area (Å²) in [7, 11) is 0. The lowest BCUT2D eigenvalue weighted by Crippen LogP contribution is -2.03. The standard InChI is InChI=1S/C10H8FN3O2S2/c1-4-13-10(18-14-4)17-8-3-6(11)5(9(15)16)2-7(8)12/h2-3H,12H2,1H3,(H,15,16). The number of nitrogen functional groups attached to an aromatic ring is 1. The van der Waals surface area contributed by atoms with E-state index in [0.29, 0.717) is 15.1 Å². The number of benzene rings is 1. The summed E-state index contributed by atoms with van der Waals surface area (Å²) in [4.78, 5) is 15.3. The molecule has 8 heteroatoms. The molecule has 0 atom stereocenters. The number of aromatic nitrogens is 2. The summed E-state index contributed by atoms with van der Waals surface area (Å²) in [6, 6.07) is 2.20. The average molecular weight is 285 g/mol. The number of hydrogen-bond donors (Lipinski definition) is 2. The van der Waals surface area contributed by atoms with E-state index in [-0.39, 0.29) is 5.69 Å². The SMILES string of the molecule is Cc1nsc(Sc2cc(F)c(C(=O)O)cc2N)n1. The molecule has 0 aliphatic carbocycles. The summed E-state index contributed by atoms with van der Waals surface area (Å²) < 4.78 is 18.1. The van der Waals surface area contributed by atoms with Gasteiger partial charge in [-0.2, -0.15) is 4.37 Å². The fourth-order valence-electron chi connectivity index (χ4n) is 1.24. The van der Waals surface area contributed by atoms with Gasteiger partial charge in [-0.15, -0.1) is 0 Å². The number of carboxylic acid groups (broad SMARTS) is 1. The lowest BCUT2D eigenvalue weighted by atomic mass is 10.2. The summed E-state index contributed by atoms with van der Waals surface area (Å²) in [5.74, 6) is -1.54. The van der Waals surface area contributed by atoms with E-state index < -0.39 is 17.3 Å². The second kappa shape index (κ2) is 4.91. The first-order chi connectivity index (χ1) is 8.47. The zero-order chi connectivity index (χ0) is 13.3. The van der Waals surface area contributed by atoms with Gasteiger partial charge < -0.3 is 10.8 Å². The summed E-state index contributed by atoms with van der Waals surface area (Å²) in [5.41, 5.74) is 5.45. The van der Waals surface area contributed by atoms with E-state index in [4.69, 9.17) is 10.8 Å². The van der Waals surface area contributed by atoms with Gasteiger partial charge in [-0.05, 0) is 30.6 Å². The van der Waals surface area contributed by atoms with Crippen molar-refractivity contribution in [3.63, 3.8) is 0 Å². The van der Waals surface area contributed by atoms with Crippen molar-refractivity contribution in [1.29, 1.82) is 0 Å². The Labute approximate surface area is 110 Å². The molecule has 1 aromatic heterocycles. The number of rotatable bonds is 3. The first-order valence-corrected chi connectivity index (χ1v) is 6.37. The molecule has 18 heavy (non-hydrogen) atoms. The van der Waals surface area contributed by atoms with Gasteiger partial charge in [0.15, 0.2) is 4.34 Å². The first kappa shape index (κ1) is 12.8. The molecular weight excluding hydrogens is 277 g/mol. The maximum Gasteiger partial charge on any atom is 0.338 e. The molecule has 0 amide bonds. The molecule has 1 heterocycles. The number of aryl methyl sites for hydroxylation is 1. The number of anilines is 1. The fraction of sp³-hybridized carbons (Fsp3) is 0.100. The van der Waals surface area contributed by atoms with Crippen LogP contribution in [0.25, 0.3) is 0 Å². The predicted octanol–water partition coefficient (Wildman–Crippen LogP) is 2.42. The Morgan fingerprint density at radius 3 is 2.83 bits per heavy atom. The highest BCUT2D eigenvalue weighted by atomic mass is 32.2. The molecule has 0 radical (unpaired) electrons. The molecule has 0 saturated heterocycles. The molecule has 3 N–H and O–H groups in total. The van der Waals surface area contributed by atoms with Crippen LogP contribution in [0.5, 0.6) is 0 Å². The van der Waals surface area contributed by atoms with Gasteiger partial charge in [-0.1, -0.05) is 11.8 Å². The van der Waals surface area contributed by atoms with Crippen LogP contribution in [0.3, 0.4) is 0 Å². The number of carbonyl (C=O) groups is 1. The zero-order valence-corrected chi connectivity index (χ0v) is 10.8. The van der Waals surface area contributed by atoms with Crippen molar-refractivity contribution < 1.29 is 14.3 Å². The topological polar surface area (TPSA) is 89.1 Å². The van der Waals surface area contributed by atoms with Crippen molar-refractivity contribution >= 4 is 35.0 Å². The van der Waals surface area contributed by atoms with Gasteiger partial charge in [0.2, 0.25) is 0 Å². The Balaban J connectivity index is 2.35. The van der Waals surface area contributed by atoms with Gasteiger partial charge in [-0.3, -0.25) is 0 Å². The third kappa shape index (κ3) is 2.59. The summed E-state index contributed by atoms with van der Waals surface area (Å²) >= 11 is 2.33. The highest BCUT2D eigenvalue weighted by Gasteiger charge is 2.15. The van der Waals surface area contributed by atoms with Crippen molar-refractivity contribution in [3.05, 3.63) is 29.3 Å². The number of nitrogens with zero attached hydrogens (tertiary/aromatic N) is 2. The van der Waals surface area contributed by atoms with Crippen LogP contribution in [-0.2, 0) is 0 Å². The average Bonchev–Trinajstić information content (AvgIpc) is 2.68. The maximum atomic E-state index is 13.5. The van der Waals surface area contributed by atoms with Gasteiger partial charge in [0.25, 0.3) is 0 Å². The van der Waals surface area contributed by atoms with Crippen LogP contribution in [0, 0.1) is 12.7 Å². The summed E-state index contributed by atoms with van der Waals surface area (Å²) in [6.07, 6.45) is 0. The Hall–Kier alpha value is -1.67. The van der Waals surface area contributed by atoms with Crippen LogP contribution in [0.2, 0.25) is 0 Å². The lowest BCUT2D eigenvalue weighted by molar-refractivity contribution is 0.0692. The maximum absolute atomic E-state index is 13.5. The molecule has 5 nitrogen and oxygen atoms in total. The quantitative estimate of drug-likeness (QED) is 0.842. The number of nitrogens with two attached hydrogens (primary N) is 1. The molecule has 2 rings (SSSR count). The van der Waals surface area contributed by atoms with Crippen LogP contribution >= 0.6 is 23.3 Å². The molecule has 0 aliphatic rings. The Bertz CT molecular complexity index is 615. The highest BCUT2D eigenvalue weighted by Crippen LogP contribution is 2.34. The van der Waals surface area contributed by atoms with Crippen LogP contribution in [-0.4, -0.2) is 20.4 Å². The predicted molar refractivity (Wildman–Crippen MR) is 66.5 cm³/mol. The largest absolute Gasteiger partial charge is 0.478 e. The van der Waals surface area contributed by atoms with Gasteiger partial charge in [0.1, 0.15) is 11.6 Å². The number of halogens is 1. The molecule has 0 fully saturated rings. The van der Waals surface area contributed by atoms with Crippen molar-refractivity contribution in [2.24, 2.45) is 0 Å². The van der Waals surface area contributed by atoms with Crippen LogP contribution in [0.15, 0.2) is 21.4 Å². The third-order valence-corrected chi connectivity index (χ3v) is 3.95. The normalized spacial score (nSPS) is 10.6. The van der Waals surface area contributed by atoms with Crippen molar-refractivity contribution in [3.8, 4) is 0 Å². The smallest absolute Gasteiger partial charge is 0.338 e. The summed E-state index contributed by atoms with van der Waals surface area (Å²) in [5, 5.41) is 8.75. The Kier molecular flexibility index (Phi) is 3.48. The second-order valence-corrected chi connectivity index (χ2v) is 5.43. The van der Waals surface area contributed by atoms with E-state index in [1.54, 1.807) is 6.92 Å². The van der Waals surface area contributed by atoms with Gasteiger partial charge in [-0.25, -0.2) is 14.2 Å². The molecule has 1 aromatic carbocycles. The van der Waals surface area contributed by atoms with Crippen LogP contribution in [0.1, 0.15) is 16.2 Å². The van der Waals surface area contributed by atoms with E-state index >= 15 is 0 Å². The minimum atomic E-state index is -1.34. The van der Waals surface area contributed by atoms with Crippen LogP contribution in [0.4, 0.5) is 10.1 Å². The van der Waals surface area contributed by atoms with E-state index in [2.05, 4.69) is 9.36 Å². The first-order valence-electron chi connectivity index (χ1n) is 4.78. The second-order valence-electron chi connectivity index (χ2n) is 3.38. The van der Waals surface area contributed by atoms with E-state index in [0.717, 1.165) is 23.9 Å². The molecule has 94 valence electrons. The third-order valence-electron chi connectivity index (χ3n) is 2.04. The van der Waals surface area contributed by atoms with Crippen molar-refractivity contribution in [1.82, 2.24) is 9.36 Å². The molecule has 2 aromatic rings. The monoisotopic (exact) mass is 285 g/mol. The molecule has 0 spiro atoms. The van der Waals surface area contributed by atoms with Crippen molar-refractivity contribution in [2.75, 3.05) is 5.73 Å². The fourth-order valence-corrected chi connectivity index (χ4v) is 2.90. The van der Waals surface area contributed by atoms with E-state index in [1.165, 1.54) is 11.5 Å². The highest BCUT2D eigenvalue weighted by molar-refractivity contribution is 8.01. The van der Waals surface area contributed by atoms with Gasteiger partial charge in [0, 0.05) is 10.6 Å². The van der Waals surface area contributed by atoms with Crippen molar-refractivity contribution in [2.45, 2.75) is 16.2 Å². The number of hydrogen-bond acceptors (Lipinski definition) is 6. The molecular formula is C10H8FN3O2S2. The minimum absolute atomic E-state index is 0.201. The molecule has 0 saturated carbocycles. The van der Waals surface area contributed by atoms with Gasteiger partial charge >= 0.3 is 5.97 Å². The van der Waals surface area contributed by atoms with E-state index in [9.17, 15) is 9.18 Å². The molecule has 0 unspecified atom stereocenters. The molecule has 0 bridgehead atoms. The summed E-state index contributed by atoms with van der Waals surface area (Å²) in [6.45, 7) is 1.75. The zero-order valence-electron chi connectivity index (χ0n) is 9.18. The number of carboxylic acids is 1. The minimum Gasteiger partial charge on any atom is -0.478 e. The van der Waals surface area contributed by atoms with Crippen LogP contribution < -0.4 is 5.73 Å². The Morgan fingerprint density at radius 1 is 1.56 bits per heavy atom. The van der Waals surface area contributed by atoms with Gasteiger partial charge in [0.05, 0.1) is 5.56 Å². The number of aromatic carboxylic acids is 1. The van der Waals surface area contributed by atoms with E-state index in [1.807, 2.05) is 0 Å². The molecule has 0 aliphatic heterocycles. The Morgan fingerprint density at radius 2 is 2.28 bits per heavy atom.